The predicted molar refractivity (Wildman–Crippen MR) is 140 cm³/mol. The van der Waals surface area contributed by atoms with E-state index in [1.807, 2.05) is 15.9 Å². The van der Waals surface area contributed by atoms with E-state index < -0.39 is 32.7 Å². The van der Waals surface area contributed by atoms with Crippen LogP contribution in [0.3, 0.4) is 0 Å². The number of hydrogen-bond donors (Lipinski definition) is 1. The normalized spacial score (nSPS) is 18.1. The van der Waals surface area contributed by atoms with E-state index in [0.29, 0.717) is 72.8 Å². The molecular formula is C24H27F3N8O2S2. The van der Waals surface area contributed by atoms with Crippen molar-refractivity contribution in [2.24, 2.45) is 0 Å². The first-order chi connectivity index (χ1) is 18.3. The molecule has 2 aliphatic rings. The van der Waals surface area contributed by atoms with Crippen LogP contribution in [0, 0.1) is 18.3 Å². The number of nitriles is 1. The van der Waals surface area contributed by atoms with Crippen LogP contribution in [0.25, 0.3) is 21.6 Å². The molecule has 3 aromatic rings. The van der Waals surface area contributed by atoms with E-state index in [-0.39, 0.29) is 22.1 Å². The van der Waals surface area contributed by atoms with Gasteiger partial charge in [-0.3, -0.25) is 4.90 Å². The zero-order chi connectivity index (χ0) is 28.2. The summed E-state index contributed by atoms with van der Waals surface area (Å²) in [5.41, 5.74) is -1.35. The average Bonchev–Trinajstić information content (AvgIpc) is 3.43. The summed E-state index contributed by atoms with van der Waals surface area (Å²) in [4.78, 5) is 12.9. The summed E-state index contributed by atoms with van der Waals surface area (Å²) in [5, 5.41) is 16.9. The predicted octanol–water partition coefficient (Wildman–Crippen LogP) is 3.60. The second-order valence-corrected chi connectivity index (χ2v) is 13.2. The van der Waals surface area contributed by atoms with Crippen molar-refractivity contribution in [3.63, 3.8) is 0 Å². The van der Waals surface area contributed by atoms with E-state index in [4.69, 9.17) is 0 Å². The van der Waals surface area contributed by atoms with Gasteiger partial charge >= 0.3 is 0 Å². The van der Waals surface area contributed by atoms with Crippen LogP contribution in [-0.4, -0.2) is 77.4 Å². The van der Waals surface area contributed by atoms with Crippen LogP contribution in [0.2, 0.25) is 0 Å². The number of nitrogens with zero attached hydrogens (tertiary/aromatic N) is 7. The van der Waals surface area contributed by atoms with Gasteiger partial charge < -0.3 is 4.90 Å². The fraction of sp³-hybridized carbons (Fsp3) is 0.542. The minimum Gasteiger partial charge on any atom is -0.367 e. The van der Waals surface area contributed by atoms with E-state index in [0.717, 1.165) is 0 Å². The van der Waals surface area contributed by atoms with Gasteiger partial charge in [-0.2, -0.15) is 9.98 Å². The lowest BCUT2D eigenvalue weighted by Crippen LogP contribution is -2.49. The molecule has 1 aliphatic heterocycles. The molecule has 1 saturated carbocycles. The highest BCUT2D eigenvalue weighted by Crippen LogP contribution is 2.39. The Kier molecular flexibility index (Phi) is 7.03. The Hall–Kier alpha value is -2.93. The molecule has 1 saturated heterocycles. The first kappa shape index (κ1) is 27.6. The maximum Gasteiger partial charge on any atom is 0.291 e. The number of fused-ring (bicyclic) bond motifs is 1. The molecule has 0 unspecified atom stereocenters. The molecule has 10 nitrogen and oxygen atoms in total. The van der Waals surface area contributed by atoms with Crippen LogP contribution in [0.1, 0.15) is 43.9 Å². The van der Waals surface area contributed by atoms with Crippen LogP contribution in [-0.2, 0) is 10.0 Å². The molecule has 3 heterocycles. The number of nitrogens with one attached hydrogen (secondary N) is 1. The Morgan fingerprint density at radius 1 is 1.18 bits per heavy atom. The number of anilines is 1. The van der Waals surface area contributed by atoms with Gasteiger partial charge in [0.05, 0.1) is 22.2 Å². The second-order valence-electron chi connectivity index (χ2n) is 10.5. The van der Waals surface area contributed by atoms with Crippen molar-refractivity contribution in [3.05, 3.63) is 23.0 Å². The van der Waals surface area contributed by atoms with Crippen molar-refractivity contribution >= 4 is 38.0 Å². The highest BCUT2D eigenvalue weighted by molar-refractivity contribution is 7.89. The van der Waals surface area contributed by atoms with E-state index >= 15 is 0 Å². The van der Waals surface area contributed by atoms with E-state index in [1.54, 1.807) is 6.92 Å². The number of rotatable bonds is 8. The van der Waals surface area contributed by atoms with Gasteiger partial charge in [0.25, 0.3) is 6.43 Å². The van der Waals surface area contributed by atoms with Crippen molar-refractivity contribution in [1.82, 2.24) is 29.8 Å². The standard InChI is InChI=1S/C24H27F3N8O2S2/c1-14-29-18-16(19(30-14)21-31-32-22(38-21)20(25)26)10-15(39(36,37)33-24(12-28)4-5-24)11-17(18)35-8-6-34(7-9-35)13-23(2,3)27/h10-11,20,33H,4-9,13H2,1-3H3. The summed E-state index contributed by atoms with van der Waals surface area (Å²) in [7, 11) is -4.14. The number of aryl methyl sites for hydroxylation is 1. The minimum atomic E-state index is -4.14. The Morgan fingerprint density at radius 2 is 1.87 bits per heavy atom. The molecule has 2 fully saturated rings. The van der Waals surface area contributed by atoms with Crippen LogP contribution >= 0.6 is 11.3 Å². The van der Waals surface area contributed by atoms with Gasteiger partial charge in [-0.1, -0.05) is 11.3 Å². The Labute approximate surface area is 227 Å². The third kappa shape index (κ3) is 5.84. The molecule has 2 aromatic heterocycles. The monoisotopic (exact) mass is 580 g/mol. The molecule has 0 radical (unpaired) electrons. The molecule has 5 rings (SSSR count). The third-order valence-electron chi connectivity index (χ3n) is 6.61. The fourth-order valence-electron chi connectivity index (χ4n) is 4.63. The van der Waals surface area contributed by atoms with Crippen molar-refractivity contribution in [2.45, 2.75) is 56.1 Å². The topological polar surface area (TPSA) is 128 Å². The summed E-state index contributed by atoms with van der Waals surface area (Å²) >= 11 is 0.675. The zero-order valence-electron chi connectivity index (χ0n) is 21.6. The average molecular weight is 581 g/mol. The van der Waals surface area contributed by atoms with Gasteiger partial charge in [0, 0.05) is 38.1 Å². The molecule has 208 valence electrons. The number of alkyl halides is 3. The number of sulfonamides is 1. The molecule has 0 spiro atoms. The summed E-state index contributed by atoms with van der Waals surface area (Å²) in [6, 6.07) is 4.92. The Balaban J connectivity index is 1.63. The molecule has 0 bridgehead atoms. The van der Waals surface area contributed by atoms with Gasteiger partial charge in [0.2, 0.25) is 10.0 Å². The maximum atomic E-state index is 14.2. The van der Waals surface area contributed by atoms with Crippen molar-refractivity contribution < 1.29 is 21.6 Å². The molecule has 0 amide bonds. The quantitative estimate of drug-likeness (QED) is 0.425. The van der Waals surface area contributed by atoms with E-state index in [9.17, 15) is 26.9 Å². The van der Waals surface area contributed by atoms with Gasteiger partial charge in [0.1, 0.15) is 22.7 Å². The van der Waals surface area contributed by atoms with E-state index in [2.05, 4.69) is 24.9 Å². The van der Waals surface area contributed by atoms with Crippen LogP contribution in [0.15, 0.2) is 17.0 Å². The summed E-state index contributed by atoms with van der Waals surface area (Å²) in [5.74, 6) is 0.348. The zero-order valence-corrected chi connectivity index (χ0v) is 23.2. The molecule has 15 heteroatoms. The first-order valence-corrected chi connectivity index (χ1v) is 14.6. The summed E-state index contributed by atoms with van der Waals surface area (Å²) in [6.07, 6.45) is -2.00. The van der Waals surface area contributed by atoms with Gasteiger partial charge in [-0.25, -0.2) is 31.6 Å². The van der Waals surface area contributed by atoms with Crippen LogP contribution in [0.4, 0.5) is 18.9 Å². The number of piperazine rings is 1. The number of halogens is 3. The van der Waals surface area contributed by atoms with Gasteiger partial charge in [-0.15, -0.1) is 10.2 Å². The number of hydrogen-bond acceptors (Lipinski definition) is 10. The molecular weight excluding hydrogens is 553 g/mol. The number of aromatic nitrogens is 4. The van der Waals surface area contributed by atoms with Crippen LogP contribution < -0.4 is 9.62 Å². The molecule has 1 aliphatic carbocycles. The smallest absolute Gasteiger partial charge is 0.291 e. The second kappa shape index (κ2) is 9.92. The summed E-state index contributed by atoms with van der Waals surface area (Å²) in [6.45, 7) is 7.03. The first-order valence-electron chi connectivity index (χ1n) is 12.3. The van der Waals surface area contributed by atoms with Gasteiger partial charge in [-0.05, 0) is 45.7 Å². The minimum absolute atomic E-state index is 0.105. The fourth-order valence-corrected chi connectivity index (χ4v) is 6.76. The lowest BCUT2D eigenvalue weighted by molar-refractivity contribution is 0.121. The Morgan fingerprint density at radius 3 is 2.44 bits per heavy atom. The molecule has 1 N–H and O–H groups in total. The van der Waals surface area contributed by atoms with Crippen molar-refractivity contribution in [3.8, 4) is 16.8 Å². The lowest BCUT2D eigenvalue weighted by Gasteiger charge is -2.38. The lowest BCUT2D eigenvalue weighted by atomic mass is 10.1. The highest BCUT2D eigenvalue weighted by Gasteiger charge is 2.47. The Bertz CT molecular complexity index is 1550. The van der Waals surface area contributed by atoms with Crippen molar-refractivity contribution in [1.29, 1.82) is 5.26 Å². The molecule has 0 atom stereocenters. The number of benzene rings is 1. The SMILES string of the molecule is Cc1nc(-c2nnc(C(F)F)s2)c2cc(S(=O)(=O)NC3(C#N)CC3)cc(N3CCN(CC(C)(C)F)CC3)c2n1. The molecule has 1 aromatic carbocycles. The molecule has 39 heavy (non-hydrogen) atoms. The van der Waals surface area contributed by atoms with Crippen molar-refractivity contribution in [2.75, 3.05) is 37.6 Å². The highest BCUT2D eigenvalue weighted by atomic mass is 32.2. The van der Waals surface area contributed by atoms with E-state index in [1.165, 1.54) is 26.0 Å². The van der Waals surface area contributed by atoms with Gasteiger partial charge in [0.15, 0.2) is 10.0 Å². The third-order valence-corrected chi connectivity index (χ3v) is 9.07. The maximum absolute atomic E-state index is 14.2. The largest absolute Gasteiger partial charge is 0.367 e. The summed E-state index contributed by atoms with van der Waals surface area (Å²) < 4.78 is 70.2. The van der Waals surface area contributed by atoms with Crippen LogP contribution in [0.5, 0.6) is 0 Å².